The molecule has 0 rings (SSSR count). The molecule has 0 heterocycles. The molecule has 0 radical (unpaired) electrons. The third kappa shape index (κ3) is 9.83. The number of hydrogen-bond acceptors (Lipinski definition) is 4. The molecule has 19 heavy (non-hydrogen) atoms. The van der Waals surface area contributed by atoms with Crippen molar-refractivity contribution in [2.75, 3.05) is 20.1 Å². The Hall–Kier alpha value is -1.83. The predicted octanol–water partition coefficient (Wildman–Crippen LogP) is -1.18. The van der Waals surface area contributed by atoms with Crippen molar-refractivity contribution in [1.29, 1.82) is 5.41 Å². The molecule has 0 unspecified atom stereocenters. The molecule has 0 fully saturated rings. The van der Waals surface area contributed by atoms with Crippen LogP contribution in [-0.2, 0) is 9.59 Å². The van der Waals surface area contributed by atoms with Gasteiger partial charge in [-0.1, -0.05) is 6.42 Å². The molecular formula is C11H23N5O3. The molecule has 8 nitrogen and oxygen atoms in total. The van der Waals surface area contributed by atoms with Gasteiger partial charge in [-0.2, -0.15) is 0 Å². The molecule has 110 valence electrons. The summed E-state index contributed by atoms with van der Waals surface area (Å²) in [6.45, 7) is 0.703. The third-order valence-corrected chi connectivity index (χ3v) is 2.55. The molecule has 0 aromatic carbocycles. The molecule has 1 atom stereocenters. The van der Waals surface area contributed by atoms with E-state index in [-0.39, 0.29) is 18.4 Å². The highest BCUT2D eigenvalue weighted by Crippen LogP contribution is 1.98. The maximum Gasteiger partial charge on any atom is 0.322 e. The highest BCUT2D eigenvalue weighted by Gasteiger charge is 2.15. The number of carboxylic acids is 1. The van der Waals surface area contributed by atoms with Gasteiger partial charge in [0.05, 0.1) is 0 Å². The van der Waals surface area contributed by atoms with E-state index in [2.05, 4.69) is 16.0 Å². The zero-order valence-electron chi connectivity index (χ0n) is 11.2. The maximum atomic E-state index is 11.4. The van der Waals surface area contributed by atoms with Gasteiger partial charge >= 0.3 is 5.97 Å². The Morgan fingerprint density at radius 2 is 1.95 bits per heavy atom. The van der Waals surface area contributed by atoms with Crippen molar-refractivity contribution < 1.29 is 14.7 Å². The second-order valence-corrected chi connectivity index (χ2v) is 4.13. The zero-order chi connectivity index (χ0) is 14.7. The minimum absolute atomic E-state index is 0.0514. The van der Waals surface area contributed by atoms with Crippen molar-refractivity contribution in [3.05, 3.63) is 0 Å². The van der Waals surface area contributed by atoms with Gasteiger partial charge in [0, 0.05) is 19.5 Å². The van der Waals surface area contributed by atoms with Crippen LogP contribution in [0, 0.1) is 5.41 Å². The molecule has 0 aliphatic rings. The standard InChI is InChI=1S/C11H23N5O3/c1-14-8(10(18)19)7-16-9(17)5-3-2-4-6-15-11(12)13/h8,14H,2-7H2,1H3,(H,16,17)(H,18,19)(H4,12,13,15)/t8-/m0/s1. The van der Waals surface area contributed by atoms with Gasteiger partial charge in [0.2, 0.25) is 5.91 Å². The number of amides is 1. The summed E-state index contributed by atoms with van der Waals surface area (Å²) in [5, 5.41) is 23.5. The SMILES string of the molecule is CN[C@@H](CNC(=O)CCCCCNC(=N)N)C(=O)O. The third-order valence-electron chi connectivity index (χ3n) is 2.55. The molecule has 0 saturated heterocycles. The molecule has 0 aliphatic carbocycles. The van der Waals surface area contributed by atoms with Gasteiger partial charge in [-0.05, 0) is 19.9 Å². The van der Waals surface area contributed by atoms with Crippen molar-refractivity contribution >= 4 is 17.8 Å². The molecule has 0 aromatic rings. The number of carbonyl (C=O) groups excluding carboxylic acids is 1. The first-order valence-corrected chi connectivity index (χ1v) is 6.22. The highest BCUT2D eigenvalue weighted by atomic mass is 16.4. The van der Waals surface area contributed by atoms with Crippen molar-refractivity contribution in [2.24, 2.45) is 5.73 Å². The minimum Gasteiger partial charge on any atom is -0.480 e. The van der Waals surface area contributed by atoms with Gasteiger partial charge in [0.1, 0.15) is 6.04 Å². The van der Waals surface area contributed by atoms with Crippen LogP contribution in [0.2, 0.25) is 0 Å². The van der Waals surface area contributed by atoms with Gasteiger partial charge in [-0.15, -0.1) is 0 Å². The molecule has 0 saturated carbocycles. The summed E-state index contributed by atoms with van der Waals surface area (Å²) in [5.74, 6) is -1.19. The Balaban J connectivity index is 3.54. The van der Waals surface area contributed by atoms with Gasteiger partial charge in [0.25, 0.3) is 0 Å². The van der Waals surface area contributed by atoms with E-state index >= 15 is 0 Å². The number of carboxylic acid groups (broad SMARTS) is 1. The fraction of sp³-hybridized carbons (Fsp3) is 0.727. The Morgan fingerprint density at radius 1 is 1.26 bits per heavy atom. The molecule has 8 heteroatoms. The van der Waals surface area contributed by atoms with Crippen molar-refractivity contribution in [3.63, 3.8) is 0 Å². The van der Waals surface area contributed by atoms with E-state index in [0.29, 0.717) is 13.0 Å². The van der Waals surface area contributed by atoms with Crippen molar-refractivity contribution in [3.8, 4) is 0 Å². The fourth-order valence-electron chi connectivity index (χ4n) is 1.43. The fourth-order valence-corrected chi connectivity index (χ4v) is 1.43. The van der Waals surface area contributed by atoms with Crippen molar-refractivity contribution in [2.45, 2.75) is 31.7 Å². The Labute approximate surface area is 112 Å². The summed E-state index contributed by atoms with van der Waals surface area (Å²) in [5.41, 5.74) is 5.12. The van der Waals surface area contributed by atoms with Crippen LogP contribution in [-0.4, -0.2) is 49.1 Å². The lowest BCUT2D eigenvalue weighted by Crippen LogP contribution is -2.44. The number of guanidine groups is 1. The number of nitrogens with one attached hydrogen (secondary N) is 4. The Morgan fingerprint density at radius 3 is 2.47 bits per heavy atom. The second kappa shape index (κ2) is 10.1. The molecule has 0 spiro atoms. The monoisotopic (exact) mass is 273 g/mol. The van der Waals surface area contributed by atoms with Gasteiger partial charge in [0.15, 0.2) is 5.96 Å². The van der Waals surface area contributed by atoms with Gasteiger partial charge < -0.3 is 26.8 Å². The van der Waals surface area contributed by atoms with Crippen LogP contribution in [0.3, 0.4) is 0 Å². The molecule has 1 amide bonds. The summed E-state index contributed by atoms with van der Waals surface area (Å²) >= 11 is 0. The summed E-state index contributed by atoms with van der Waals surface area (Å²) in [4.78, 5) is 22.1. The van der Waals surface area contributed by atoms with Crippen LogP contribution >= 0.6 is 0 Å². The lowest BCUT2D eigenvalue weighted by Gasteiger charge is -2.12. The smallest absolute Gasteiger partial charge is 0.322 e. The number of hydrogen-bond donors (Lipinski definition) is 6. The van der Waals surface area contributed by atoms with E-state index in [1.807, 2.05) is 0 Å². The van der Waals surface area contributed by atoms with E-state index in [1.165, 1.54) is 7.05 Å². The average Bonchev–Trinajstić information content (AvgIpc) is 2.33. The van der Waals surface area contributed by atoms with E-state index in [9.17, 15) is 9.59 Å². The summed E-state index contributed by atoms with van der Waals surface area (Å²) in [6, 6.07) is -0.760. The molecule has 0 aromatic heterocycles. The summed E-state index contributed by atoms with van der Waals surface area (Å²) in [7, 11) is 1.53. The number of unbranched alkanes of at least 4 members (excludes halogenated alkanes) is 2. The lowest BCUT2D eigenvalue weighted by atomic mass is 10.2. The second-order valence-electron chi connectivity index (χ2n) is 4.13. The number of carbonyl (C=O) groups is 2. The van der Waals surface area contributed by atoms with Crippen LogP contribution in [0.1, 0.15) is 25.7 Å². The molecule has 0 bridgehead atoms. The predicted molar refractivity (Wildman–Crippen MR) is 71.9 cm³/mol. The van der Waals surface area contributed by atoms with Crippen LogP contribution in [0.4, 0.5) is 0 Å². The molecular weight excluding hydrogens is 250 g/mol. The summed E-state index contributed by atoms with van der Waals surface area (Å²) in [6.07, 6.45) is 2.78. The van der Waals surface area contributed by atoms with E-state index in [4.69, 9.17) is 16.2 Å². The first-order valence-electron chi connectivity index (χ1n) is 6.22. The lowest BCUT2D eigenvalue weighted by molar-refractivity contribution is -0.139. The van der Waals surface area contributed by atoms with Gasteiger partial charge in [-0.3, -0.25) is 15.0 Å². The zero-order valence-corrected chi connectivity index (χ0v) is 11.2. The minimum atomic E-state index is -0.988. The molecule has 0 aliphatic heterocycles. The first-order chi connectivity index (χ1) is 8.97. The van der Waals surface area contributed by atoms with Crippen LogP contribution in [0.5, 0.6) is 0 Å². The highest BCUT2D eigenvalue weighted by molar-refractivity contribution is 5.78. The Kier molecular flexibility index (Phi) is 9.15. The van der Waals surface area contributed by atoms with Crippen LogP contribution < -0.4 is 21.7 Å². The topological polar surface area (TPSA) is 140 Å². The first kappa shape index (κ1) is 17.2. The van der Waals surface area contributed by atoms with Gasteiger partial charge in [-0.25, -0.2) is 0 Å². The van der Waals surface area contributed by atoms with Crippen LogP contribution in [0.25, 0.3) is 0 Å². The van der Waals surface area contributed by atoms with Crippen molar-refractivity contribution in [1.82, 2.24) is 16.0 Å². The van der Waals surface area contributed by atoms with E-state index < -0.39 is 12.0 Å². The quantitative estimate of drug-likeness (QED) is 0.168. The summed E-state index contributed by atoms with van der Waals surface area (Å²) < 4.78 is 0. The number of nitrogens with two attached hydrogens (primary N) is 1. The van der Waals surface area contributed by atoms with Crippen LogP contribution in [0.15, 0.2) is 0 Å². The molecule has 7 N–H and O–H groups in total. The number of likely N-dealkylation sites (N-methyl/N-ethyl adjacent to an activating group) is 1. The largest absolute Gasteiger partial charge is 0.480 e. The normalized spacial score (nSPS) is 11.6. The maximum absolute atomic E-state index is 11.4. The van der Waals surface area contributed by atoms with E-state index in [1.54, 1.807) is 0 Å². The number of aliphatic carboxylic acids is 1. The average molecular weight is 273 g/mol. The van der Waals surface area contributed by atoms with E-state index in [0.717, 1.165) is 19.3 Å². The Bertz CT molecular complexity index is 309. The number of rotatable bonds is 10.